The van der Waals surface area contributed by atoms with E-state index in [1.54, 1.807) is 13.1 Å². The van der Waals surface area contributed by atoms with Crippen molar-refractivity contribution in [2.24, 2.45) is 5.73 Å². The minimum absolute atomic E-state index is 0.0343. The Balaban J connectivity index is 2.01. The summed E-state index contributed by atoms with van der Waals surface area (Å²) >= 11 is 5.82. The lowest BCUT2D eigenvalue weighted by Crippen LogP contribution is -2.19. The first-order valence-electron chi connectivity index (χ1n) is 5.86. The van der Waals surface area contributed by atoms with Crippen LogP contribution in [0.4, 0.5) is 10.1 Å². The second-order valence-corrected chi connectivity index (χ2v) is 4.71. The van der Waals surface area contributed by atoms with Crippen molar-refractivity contribution in [3.8, 4) is 0 Å². The van der Waals surface area contributed by atoms with Crippen LogP contribution in [-0.4, -0.2) is 20.9 Å². The molecule has 1 aromatic heterocycles. The van der Waals surface area contributed by atoms with Crippen LogP contribution >= 0.6 is 11.6 Å². The molecule has 0 bridgehead atoms. The third-order valence-corrected chi connectivity index (χ3v) is 2.85. The molecule has 1 atom stereocenters. The Kier molecular flexibility index (Phi) is 4.31. The predicted octanol–water partition coefficient (Wildman–Crippen LogP) is 1.73. The van der Waals surface area contributed by atoms with Gasteiger partial charge in [0.15, 0.2) is 0 Å². The van der Waals surface area contributed by atoms with Gasteiger partial charge in [0.1, 0.15) is 12.4 Å². The first-order chi connectivity index (χ1) is 9.45. The molecule has 2 aromatic rings. The molecule has 1 unspecified atom stereocenters. The second kappa shape index (κ2) is 5.98. The summed E-state index contributed by atoms with van der Waals surface area (Å²) in [6.07, 6.45) is 1.59. The van der Waals surface area contributed by atoms with Crippen molar-refractivity contribution in [2.45, 2.75) is 19.5 Å². The number of hydrogen-bond donors (Lipinski definition) is 2. The Morgan fingerprint density at radius 3 is 2.95 bits per heavy atom. The van der Waals surface area contributed by atoms with Gasteiger partial charge in [0.05, 0.1) is 22.6 Å². The molecule has 0 radical (unpaired) electrons. The first kappa shape index (κ1) is 14.4. The van der Waals surface area contributed by atoms with E-state index >= 15 is 0 Å². The van der Waals surface area contributed by atoms with Crippen molar-refractivity contribution in [2.75, 3.05) is 5.32 Å². The fourth-order valence-corrected chi connectivity index (χ4v) is 1.74. The van der Waals surface area contributed by atoms with E-state index in [1.165, 1.54) is 16.8 Å². The number of benzene rings is 1. The summed E-state index contributed by atoms with van der Waals surface area (Å²) in [7, 11) is 0. The third-order valence-electron chi connectivity index (χ3n) is 2.53. The van der Waals surface area contributed by atoms with Crippen molar-refractivity contribution < 1.29 is 9.18 Å². The van der Waals surface area contributed by atoms with E-state index < -0.39 is 5.82 Å². The average Bonchev–Trinajstić information content (AvgIpc) is 2.81. The van der Waals surface area contributed by atoms with Crippen LogP contribution in [0, 0.1) is 5.82 Å². The molecule has 1 heterocycles. The van der Waals surface area contributed by atoms with Gasteiger partial charge >= 0.3 is 0 Å². The number of aromatic nitrogens is 3. The van der Waals surface area contributed by atoms with E-state index in [9.17, 15) is 9.18 Å². The van der Waals surface area contributed by atoms with Crippen LogP contribution < -0.4 is 11.1 Å². The minimum atomic E-state index is -0.467. The van der Waals surface area contributed by atoms with Crippen LogP contribution in [0.2, 0.25) is 5.02 Å². The maximum Gasteiger partial charge on any atom is 0.246 e. The number of nitrogens with two attached hydrogens (primary N) is 1. The number of carbonyl (C=O) groups excluding carboxylic acids is 1. The number of amides is 1. The second-order valence-electron chi connectivity index (χ2n) is 4.30. The lowest BCUT2D eigenvalue weighted by molar-refractivity contribution is -0.116. The SMILES string of the molecule is CC(N)c1cn(CC(=O)Nc2ccc(F)cc2Cl)nn1. The van der Waals surface area contributed by atoms with Gasteiger partial charge in [-0.05, 0) is 25.1 Å². The molecule has 0 aliphatic carbocycles. The third kappa shape index (κ3) is 3.52. The van der Waals surface area contributed by atoms with E-state index in [2.05, 4.69) is 15.6 Å². The van der Waals surface area contributed by atoms with Gasteiger partial charge in [-0.2, -0.15) is 0 Å². The molecule has 3 N–H and O–H groups in total. The van der Waals surface area contributed by atoms with Crippen molar-refractivity contribution in [1.29, 1.82) is 0 Å². The zero-order chi connectivity index (χ0) is 14.7. The van der Waals surface area contributed by atoms with Crippen molar-refractivity contribution >= 4 is 23.2 Å². The molecule has 6 nitrogen and oxygen atoms in total. The first-order valence-corrected chi connectivity index (χ1v) is 6.24. The zero-order valence-corrected chi connectivity index (χ0v) is 11.4. The largest absolute Gasteiger partial charge is 0.323 e. The van der Waals surface area contributed by atoms with Crippen LogP contribution in [-0.2, 0) is 11.3 Å². The van der Waals surface area contributed by atoms with Crippen LogP contribution in [0.15, 0.2) is 24.4 Å². The molecule has 20 heavy (non-hydrogen) atoms. The van der Waals surface area contributed by atoms with E-state index in [0.29, 0.717) is 11.4 Å². The van der Waals surface area contributed by atoms with Gasteiger partial charge in [-0.15, -0.1) is 5.10 Å². The summed E-state index contributed by atoms with van der Waals surface area (Å²) in [6.45, 7) is 1.74. The minimum Gasteiger partial charge on any atom is -0.323 e. The summed E-state index contributed by atoms with van der Waals surface area (Å²) in [5.74, 6) is -0.814. The quantitative estimate of drug-likeness (QED) is 0.900. The zero-order valence-electron chi connectivity index (χ0n) is 10.7. The number of nitrogens with zero attached hydrogens (tertiary/aromatic N) is 3. The van der Waals surface area contributed by atoms with Crippen LogP contribution in [0.5, 0.6) is 0 Å². The predicted molar refractivity (Wildman–Crippen MR) is 72.7 cm³/mol. The molecular formula is C12H13ClFN5O. The summed E-state index contributed by atoms with van der Waals surface area (Å²) < 4.78 is 14.2. The van der Waals surface area contributed by atoms with Crippen LogP contribution in [0.25, 0.3) is 0 Å². The normalized spacial score (nSPS) is 12.2. The van der Waals surface area contributed by atoms with Crippen molar-refractivity contribution in [3.05, 3.63) is 40.9 Å². The summed E-state index contributed by atoms with van der Waals surface area (Å²) in [5.41, 5.74) is 6.58. The van der Waals surface area contributed by atoms with E-state index in [0.717, 1.165) is 6.07 Å². The summed E-state index contributed by atoms with van der Waals surface area (Å²) in [4.78, 5) is 11.8. The highest BCUT2D eigenvalue weighted by molar-refractivity contribution is 6.33. The van der Waals surface area contributed by atoms with Gasteiger partial charge in [-0.25, -0.2) is 9.07 Å². The Morgan fingerprint density at radius 1 is 1.60 bits per heavy atom. The van der Waals surface area contributed by atoms with E-state index in [1.807, 2.05) is 0 Å². The Labute approximate surface area is 119 Å². The Hall–Kier alpha value is -1.99. The Morgan fingerprint density at radius 2 is 2.35 bits per heavy atom. The van der Waals surface area contributed by atoms with Gasteiger partial charge in [0.2, 0.25) is 5.91 Å². The van der Waals surface area contributed by atoms with Gasteiger partial charge in [0, 0.05) is 6.04 Å². The molecular weight excluding hydrogens is 285 g/mol. The van der Waals surface area contributed by atoms with E-state index in [4.69, 9.17) is 17.3 Å². The molecule has 0 aliphatic heterocycles. The molecule has 0 saturated heterocycles. The van der Waals surface area contributed by atoms with Crippen molar-refractivity contribution in [3.63, 3.8) is 0 Å². The standard InChI is InChI=1S/C12H13ClFN5O/c1-7(15)11-5-19(18-17-11)6-12(20)16-10-3-2-8(14)4-9(10)13/h2-5,7H,6,15H2,1H3,(H,16,20). The van der Waals surface area contributed by atoms with Gasteiger partial charge in [-0.1, -0.05) is 16.8 Å². The van der Waals surface area contributed by atoms with Gasteiger partial charge in [0.25, 0.3) is 0 Å². The lowest BCUT2D eigenvalue weighted by atomic mass is 10.3. The topological polar surface area (TPSA) is 85.8 Å². The highest BCUT2D eigenvalue weighted by atomic mass is 35.5. The molecule has 8 heteroatoms. The number of hydrogen-bond acceptors (Lipinski definition) is 4. The number of halogens is 2. The van der Waals surface area contributed by atoms with Crippen LogP contribution in [0.1, 0.15) is 18.7 Å². The number of anilines is 1. The molecule has 0 spiro atoms. The van der Waals surface area contributed by atoms with E-state index in [-0.39, 0.29) is 23.5 Å². The molecule has 1 aromatic carbocycles. The van der Waals surface area contributed by atoms with Gasteiger partial charge in [-0.3, -0.25) is 4.79 Å². The molecule has 1 amide bonds. The maximum atomic E-state index is 12.9. The number of carbonyl (C=O) groups is 1. The van der Waals surface area contributed by atoms with Gasteiger partial charge < -0.3 is 11.1 Å². The maximum absolute atomic E-state index is 12.9. The fourth-order valence-electron chi connectivity index (χ4n) is 1.53. The highest BCUT2D eigenvalue weighted by Gasteiger charge is 2.10. The van der Waals surface area contributed by atoms with Crippen LogP contribution in [0.3, 0.4) is 0 Å². The molecule has 0 fully saturated rings. The fraction of sp³-hybridized carbons (Fsp3) is 0.250. The summed E-state index contributed by atoms with van der Waals surface area (Å²) in [5, 5.41) is 10.3. The average molecular weight is 298 g/mol. The smallest absolute Gasteiger partial charge is 0.246 e. The molecule has 106 valence electrons. The molecule has 0 aliphatic rings. The number of nitrogens with one attached hydrogen (secondary N) is 1. The lowest BCUT2D eigenvalue weighted by Gasteiger charge is -2.06. The molecule has 0 saturated carbocycles. The highest BCUT2D eigenvalue weighted by Crippen LogP contribution is 2.22. The summed E-state index contributed by atoms with van der Waals surface area (Å²) in [6, 6.07) is 3.48. The number of rotatable bonds is 4. The molecule has 2 rings (SSSR count). The monoisotopic (exact) mass is 297 g/mol. The van der Waals surface area contributed by atoms with Crippen molar-refractivity contribution in [1.82, 2.24) is 15.0 Å². The Bertz CT molecular complexity index is 628.